The van der Waals surface area contributed by atoms with E-state index < -0.39 is 0 Å². The van der Waals surface area contributed by atoms with E-state index in [4.69, 9.17) is 4.74 Å². The summed E-state index contributed by atoms with van der Waals surface area (Å²) in [5.41, 5.74) is 1.21. The molecule has 0 aliphatic carbocycles. The van der Waals surface area contributed by atoms with E-state index in [1.165, 1.54) is 10.0 Å². The first-order valence-electron chi connectivity index (χ1n) is 7.88. The number of halogens is 1. The van der Waals surface area contributed by atoms with Crippen molar-refractivity contribution in [2.75, 3.05) is 13.1 Å². The molecule has 124 valence electrons. The van der Waals surface area contributed by atoms with E-state index in [0.717, 1.165) is 14.1 Å². The zero-order valence-corrected chi connectivity index (χ0v) is 16.9. The molecular formula is C19H18BrNO2Se. The summed E-state index contributed by atoms with van der Waals surface area (Å²) in [4.78, 5) is 14.0. The van der Waals surface area contributed by atoms with Gasteiger partial charge in [0.25, 0.3) is 0 Å². The Bertz CT molecular complexity index is 856. The Morgan fingerprint density at radius 3 is 2.46 bits per heavy atom. The molecule has 0 spiro atoms. The molecule has 0 saturated carbocycles. The van der Waals surface area contributed by atoms with Gasteiger partial charge >= 0.3 is 156 Å². The number of hydrogen-bond donors (Lipinski definition) is 0. The number of fused-ring (bicyclic) bond motifs is 1. The van der Waals surface area contributed by atoms with Crippen molar-refractivity contribution in [2.45, 2.75) is 13.8 Å². The van der Waals surface area contributed by atoms with Gasteiger partial charge in [-0.3, -0.25) is 0 Å². The van der Waals surface area contributed by atoms with Gasteiger partial charge in [-0.05, 0) is 0 Å². The van der Waals surface area contributed by atoms with Gasteiger partial charge in [-0.15, -0.1) is 0 Å². The number of carbonyl (C=O) groups is 1. The molecule has 0 atom stereocenters. The van der Waals surface area contributed by atoms with Crippen molar-refractivity contribution in [3.63, 3.8) is 0 Å². The molecule has 2 aromatic carbocycles. The Hall–Kier alpha value is -1.55. The SMILES string of the molecule is CCN(CC)C(=O)Oc1cccc2c(Br)c(-c3ccccc3)[se]c12. The number of hydrogen-bond acceptors (Lipinski definition) is 2. The van der Waals surface area contributed by atoms with Gasteiger partial charge in [-0.1, -0.05) is 0 Å². The topological polar surface area (TPSA) is 29.5 Å². The van der Waals surface area contributed by atoms with Crippen LogP contribution in [0.3, 0.4) is 0 Å². The third-order valence-corrected chi connectivity index (χ3v) is 7.95. The molecule has 0 N–H and O–H groups in total. The Kier molecular flexibility index (Phi) is 5.44. The van der Waals surface area contributed by atoms with Crippen LogP contribution in [0.25, 0.3) is 19.6 Å². The Balaban J connectivity index is 2.03. The minimum atomic E-state index is -0.284. The molecule has 0 unspecified atom stereocenters. The summed E-state index contributed by atoms with van der Waals surface area (Å²) < 4.78 is 9.19. The normalized spacial score (nSPS) is 10.8. The van der Waals surface area contributed by atoms with Gasteiger partial charge in [-0.25, -0.2) is 0 Å². The van der Waals surface area contributed by atoms with Crippen LogP contribution in [0.2, 0.25) is 0 Å². The quantitative estimate of drug-likeness (QED) is 0.513. The van der Waals surface area contributed by atoms with Crippen molar-refractivity contribution in [3.8, 4) is 15.8 Å². The molecule has 5 heteroatoms. The number of ether oxygens (including phenoxy) is 1. The van der Waals surface area contributed by atoms with Crippen molar-refractivity contribution < 1.29 is 9.53 Å². The monoisotopic (exact) mass is 451 g/mol. The fourth-order valence-electron chi connectivity index (χ4n) is 2.56. The number of nitrogens with zero attached hydrogens (tertiary/aromatic N) is 1. The summed E-state index contributed by atoms with van der Waals surface area (Å²) in [6.45, 7) is 5.20. The van der Waals surface area contributed by atoms with Gasteiger partial charge in [0.1, 0.15) is 0 Å². The predicted octanol–water partition coefficient (Wildman–Crippen LogP) is 5.17. The first-order chi connectivity index (χ1) is 11.7. The number of benzene rings is 2. The molecule has 24 heavy (non-hydrogen) atoms. The van der Waals surface area contributed by atoms with E-state index in [9.17, 15) is 4.79 Å². The Morgan fingerprint density at radius 1 is 1.08 bits per heavy atom. The number of rotatable bonds is 4. The van der Waals surface area contributed by atoms with E-state index in [1.54, 1.807) is 4.90 Å². The second kappa shape index (κ2) is 7.56. The molecule has 3 nitrogen and oxygen atoms in total. The van der Waals surface area contributed by atoms with Gasteiger partial charge < -0.3 is 0 Å². The first-order valence-corrected chi connectivity index (χ1v) is 10.4. The maximum atomic E-state index is 12.3. The summed E-state index contributed by atoms with van der Waals surface area (Å²) in [5, 5.41) is 1.12. The van der Waals surface area contributed by atoms with Crippen LogP contribution in [0.4, 0.5) is 4.79 Å². The van der Waals surface area contributed by atoms with Gasteiger partial charge in [0.15, 0.2) is 0 Å². The fraction of sp³-hybridized carbons (Fsp3) is 0.211. The third kappa shape index (κ3) is 3.30. The summed E-state index contributed by atoms with van der Waals surface area (Å²) in [6, 6.07) is 16.2. The summed E-state index contributed by atoms with van der Waals surface area (Å²) in [5.74, 6) is 0.673. The van der Waals surface area contributed by atoms with Crippen LogP contribution >= 0.6 is 15.9 Å². The van der Waals surface area contributed by atoms with Gasteiger partial charge in [0.05, 0.1) is 0 Å². The van der Waals surface area contributed by atoms with Crippen molar-refractivity contribution >= 4 is 46.2 Å². The van der Waals surface area contributed by atoms with Crippen LogP contribution in [0.1, 0.15) is 13.8 Å². The van der Waals surface area contributed by atoms with Crippen LogP contribution in [0.5, 0.6) is 5.75 Å². The average molecular weight is 451 g/mol. The Labute approximate surface area is 156 Å². The number of amides is 1. The summed E-state index contributed by atoms with van der Waals surface area (Å²) >= 11 is 3.83. The van der Waals surface area contributed by atoms with E-state index in [0.29, 0.717) is 18.8 Å². The molecule has 0 saturated heterocycles. The van der Waals surface area contributed by atoms with Crippen molar-refractivity contribution in [3.05, 3.63) is 53.0 Å². The van der Waals surface area contributed by atoms with Crippen molar-refractivity contribution in [1.29, 1.82) is 0 Å². The fourth-order valence-corrected chi connectivity index (χ4v) is 6.24. The zero-order valence-electron chi connectivity index (χ0n) is 13.6. The average Bonchev–Trinajstić information content (AvgIpc) is 2.95. The van der Waals surface area contributed by atoms with E-state index >= 15 is 0 Å². The standard InChI is InChI=1S/C19H18BrNO2Se/c1-3-21(4-2)19(22)23-15-12-8-11-14-16(20)17(24-18(14)15)13-9-6-5-7-10-13/h5-12H,3-4H2,1-2H3. The van der Waals surface area contributed by atoms with E-state index in [-0.39, 0.29) is 20.6 Å². The first kappa shape index (κ1) is 17.3. The molecule has 0 bridgehead atoms. The summed E-state index contributed by atoms with van der Waals surface area (Å²) in [7, 11) is 0. The second-order valence-electron chi connectivity index (χ2n) is 5.28. The zero-order chi connectivity index (χ0) is 17.1. The van der Waals surface area contributed by atoms with Crippen LogP contribution in [-0.4, -0.2) is 38.6 Å². The molecule has 1 heterocycles. The molecule has 1 amide bonds. The Morgan fingerprint density at radius 2 is 1.79 bits per heavy atom. The molecule has 0 aliphatic rings. The van der Waals surface area contributed by atoms with Gasteiger partial charge in [0, 0.05) is 0 Å². The summed E-state index contributed by atoms with van der Waals surface area (Å²) in [6.07, 6.45) is -0.284. The molecule has 0 aliphatic heterocycles. The maximum absolute atomic E-state index is 12.3. The van der Waals surface area contributed by atoms with Crippen LogP contribution in [0.15, 0.2) is 53.0 Å². The van der Waals surface area contributed by atoms with Crippen LogP contribution in [-0.2, 0) is 0 Å². The number of carbonyl (C=O) groups excluding carboxylic acids is 1. The minimum absolute atomic E-state index is 0.0929. The van der Waals surface area contributed by atoms with Crippen molar-refractivity contribution in [2.24, 2.45) is 0 Å². The van der Waals surface area contributed by atoms with Crippen LogP contribution in [0, 0.1) is 0 Å². The molecule has 0 fully saturated rings. The molecule has 0 radical (unpaired) electrons. The van der Waals surface area contributed by atoms with Gasteiger partial charge in [0.2, 0.25) is 0 Å². The molecular weight excluding hydrogens is 433 g/mol. The third-order valence-electron chi connectivity index (χ3n) is 3.87. The molecule has 1 aromatic heterocycles. The van der Waals surface area contributed by atoms with Crippen molar-refractivity contribution in [1.82, 2.24) is 4.90 Å². The van der Waals surface area contributed by atoms with E-state index in [2.05, 4.69) is 34.1 Å². The van der Waals surface area contributed by atoms with E-state index in [1.807, 2.05) is 44.2 Å². The van der Waals surface area contributed by atoms with Crippen LogP contribution < -0.4 is 4.74 Å². The predicted molar refractivity (Wildman–Crippen MR) is 103 cm³/mol. The van der Waals surface area contributed by atoms with Gasteiger partial charge in [-0.2, -0.15) is 0 Å². The molecule has 3 aromatic rings. The second-order valence-corrected chi connectivity index (χ2v) is 8.22. The molecule has 3 rings (SSSR count).